The van der Waals surface area contributed by atoms with Gasteiger partial charge in [-0.3, -0.25) is 14.5 Å². The Morgan fingerprint density at radius 1 is 1.21 bits per heavy atom. The molecule has 0 atom stereocenters. The SMILES string of the molecule is O=C(CN1C(=O)CCOc2ccccc21)OCc1cccc(Cl)c1. The zero-order valence-corrected chi connectivity index (χ0v) is 13.7. The van der Waals surface area contributed by atoms with Crippen molar-refractivity contribution in [3.05, 3.63) is 59.1 Å². The molecular weight excluding hydrogens is 330 g/mol. The predicted octanol–water partition coefficient (Wildman–Crippen LogP) is 3.20. The first-order valence-electron chi connectivity index (χ1n) is 7.56. The molecule has 0 aromatic heterocycles. The number of carbonyl (C=O) groups excluding carboxylic acids is 2. The summed E-state index contributed by atoms with van der Waals surface area (Å²) in [7, 11) is 0. The second-order valence-electron chi connectivity index (χ2n) is 5.34. The van der Waals surface area contributed by atoms with Crippen LogP contribution in [0.1, 0.15) is 12.0 Å². The Kier molecular flexibility index (Phi) is 5.01. The lowest BCUT2D eigenvalue weighted by atomic mass is 10.2. The molecule has 1 aliphatic rings. The van der Waals surface area contributed by atoms with Crippen LogP contribution in [-0.4, -0.2) is 25.0 Å². The van der Waals surface area contributed by atoms with Crippen LogP contribution >= 0.6 is 11.6 Å². The Bertz CT molecular complexity index is 762. The van der Waals surface area contributed by atoms with E-state index in [0.717, 1.165) is 5.56 Å². The molecule has 0 radical (unpaired) electrons. The highest BCUT2D eigenvalue weighted by Crippen LogP contribution is 2.30. The quantitative estimate of drug-likeness (QED) is 0.798. The second-order valence-corrected chi connectivity index (χ2v) is 5.77. The lowest BCUT2D eigenvalue weighted by molar-refractivity contribution is -0.144. The Morgan fingerprint density at radius 3 is 2.88 bits per heavy atom. The standard InChI is InChI=1S/C18H16ClNO4/c19-14-5-3-4-13(10-14)12-24-18(22)11-20-15-6-1-2-7-16(15)23-9-8-17(20)21/h1-7,10H,8-9,11-12H2. The van der Waals surface area contributed by atoms with Gasteiger partial charge in [0.05, 0.1) is 18.7 Å². The van der Waals surface area contributed by atoms with E-state index in [-0.39, 0.29) is 25.5 Å². The smallest absolute Gasteiger partial charge is 0.326 e. The first kappa shape index (κ1) is 16.3. The molecule has 0 unspecified atom stereocenters. The number of anilines is 1. The van der Waals surface area contributed by atoms with E-state index in [0.29, 0.717) is 23.1 Å². The second kappa shape index (κ2) is 7.36. The predicted molar refractivity (Wildman–Crippen MR) is 90.2 cm³/mol. The van der Waals surface area contributed by atoms with Crippen LogP contribution in [0.4, 0.5) is 5.69 Å². The molecule has 0 saturated carbocycles. The van der Waals surface area contributed by atoms with Gasteiger partial charge in [-0.15, -0.1) is 0 Å². The maximum Gasteiger partial charge on any atom is 0.326 e. The van der Waals surface area contributed by atoms with E-state index in [9.17, 15) is 9.59 Å². The Balaban J connectivity index is 1.68. The number of nitrogens with zero attached hydrogens (tertiary/aromatic N) is 1. The summed E-state index contributed by atoms with van der Waals surface area (Å²) in [5.74, 6) is -0.0642. The van der Waals surface area contributed by atoms with Crippen LogP contribution in [-0.2, 0) is 20.9 Å². The molecule has 0 N–H and O–H groups in total. The van der Waals surface area contributed by atoms with Crippen molar-refractivity contribution in [1.82, 2.24) is 0 Å². The van der Waals surface area contributed by atoms with Crippen LogP contribution in [0.2, 0.25) is 5.02 Å². The summed E-state index contributed by atoms with van der Waals surface area (Å²) in [6.07, 6.45) is 0.219. The molecule has 0 saturated heterocycles. The molecule has 0 spiro atoms. The van der Waals surface area contributed by atoms with Crippen molar-refractivity contribution in [1.29, 1.82) is 0 Å². The number of hydrogen-bond donors (Lipinski definition) is 0. The summed E-state index contributed by atoms with van der Waals surface area (Å²) in [6, 6.07) is 14.2. The number of ether oxygens (including phenoxy) is 2. The Labute approximate surface area is 144 Å². The third-order valence-electron chi connectivity index (χ3n) is 3.61. The van der Waals surface area contributed by atoms with Crippen LogP contribution in [0, 0.1) is 0 Å². The lowest BCUT2D eigenvalue weighted by Gasteiger charge is -2.20. The highest BCUT2D eigenvalue weighted by Gasteiger charge is 2.25. The Morgan fingerprint density at radius 2 is 2.04 bits per heavy atom. The van der Waals surface area contributed by atoms with E-state index in [1.807, 2.05) is 12.1 Å². The van der Waals surface area contributed by atoms with E-state index in [1.54, 1.807) is 36.4 Å². The molecule has 1 amide bonds. The topological polar surface area (TPSA) is 55.8 Å². The molecule has 1 heterocycles. The van der Waals surface area contributed by atoms with Gasteiger partial charge < -0.3 is 9.47 Å². The molecule has 6 heteroatoms. The monoisotopic (exact) mass is 345 g/mol. The normalized spacial score (nSPS) is 13.7. The number of hydrogen-bond acceptors (Lipinski definition) is 4. The van der Waals surface area contributed by atoms with Crippen molar-refractivity contribution in [2.24, 2.45) is 0 Å². The minimum Gasteiger partial charge on any atom is -0.491 e. The average Bonchev–Trinajstić information content (AvgIpc) is 2.73. The van der Waals surface area contributed by atoms with E-state index >= 15 is 0 Å². The van der Waals surface area contributed by atoms with E-state index < -0.39 is 5.97 Å². The summed E-state index contributed by atoms with van der Waals surface area (Å²) in [4.78, 5) is 25.8. The van der Waals surface area contributed by atoms with Gasteiger partial charge in [-0.05, 0) is 29.8 Å². The van der Waals surface area contributed by atoms with Gasteiger partial charge in [-0.2, -0.15) is 0 Å². The number of fused-ring (bicyclic) bond motifs is 1. The van der Waals surface area contributed by atoms with Gasteiger partial charge in [-0.25, -0.2) is 0 Å². The third-order valence-corrected chi connectivity index (χ3v) is 3.84. The van der Waals surface area contributed by atoms with Crippen molar-refractivity contribution in [3.63, 3.8) is 0 Å². The van der Waals surface area contributed by atoms with Crippen LogP contribution in [0.15, 0.2) is 48.5 Å². The van der Waals surface area contributed by atoms with Crippen LogP contribution < -0.4 is 9.64 Å². The summed E-state index contributed by atoms with van der Waals surface area (Å²) < 4.78 is 10.8. The average molecular weight is 346 g/mol. The van der Waals surface area contributed by atoms with Gasteiger partial charge in [0, 0.05) is 5.02 Å². The van der Waals surface area contributed by atoms with Crippen molar-refractivity contribution in [2.45, 2.75) is 13.0 Å². The summed E-state index contributed by atoms with van der Waals surface area (Å²) in [6.45, 7) is 0.253. The lowest BCUT2D eigenvalue weighted by Crippen LogP contribution is -2.36. The number of benzene rings is 2. The van der Waals surface area contributed by atoms with Gasteiger partial charge in [0.15, 0.2) is 0 Å². The van der Waals surface area contributed by atoms with Gasteiger partial charge in [0.1, 0.15) is 18.9 Å². The van der Waals surface area contributed by atoms with Gasteiger partial charge in [-0.1, -0.05) is 35.9 Å². The Hall–Kier alpha value is -2.53. The zero-order valence-electron chi connectivity index (χ0n) is 12.9. The van der Waals surface area contributed by atoms with Crippen molar-refractivity contribution in [3.8, 4) is 5.75 Å². The van der Waals surface area contributed by atoms with Gasteiger partial charge >= 0.3 is 5.97 Å². The summed E-state index contributed by atoms with van der Waals surface area (Å²) in [5, 5.41) is 0.581. The molecule has 3 rings (SSSR count). The molecule has 124 valence electrons. The molecule has 0 fully saturated rings. The molecular formula is C18H16ClNO4. The number of para-hydroxylation sites is 2. The van der Waals surface area contributed by atoms with Gasteiger partial charge in [0.2, 0.25) is 5.91 Å². The fraction of sp³-hybridized carbons (Fsp3) is 0.222. The van der Waals surface area contributed by atoms with Crippen LogP contribution in [0.3, 0.4) is 0 Å². The number of halogens is 1. The molecule has 5 nitrogen and oxygen atoms in total. The van der Waals surface area contributed by atoms with Gasteiger partial charge in [0.25, 0.3) is 0 Å². The van der Waals surface area contributed by atoms with Crippen molar-refractivity contribution < 1.29 is 19.1 Å². The number of esters is 1. The minimum absolute atomic E-state index is 0.111. The number of rotatable bonds is 4. The molecule has 24 heavy (non-hydrogen) atoms. The molecule has 2 aromatic carbocycles. The third kappa shape index (κ3) is 3.86. The molecule has 2 aromatic rings. The first-order chi connectivity index (χ1) is 11.6. The van der Waals surface area contributed by atoms with Crippen LogP contribution in [0.5, 0.6) is 5.75 Å². The number of carbonyl (C=O) groups is 2. The van der Waals surface area contributed by atoms with Crippen LogP contribution in [0.25, 0.3) is 0 Å². The summed E-state index contributed by atoms with van der Waals surface area (Å²) in [5.41, 5.74) is 1.38. The fourth-order valence-electron chi connectivity index (χ4n) is 2.46. The fourth-order valence-corrected chi connectivity index (χ4v) is 2.67. The maximum atomic E-state index is 12.3. The minimum atomic E-state index is -0.486. The largest absolute Gasteiger partial charge is 0.491 e. The highest BCUT2D eigenvalue weighted by atomic mass is 35.5. The highest BCUT2D eigenvalue weighted by molar-refractivity contribution is 6.30. The molecule has 0 bridgehead atoms. The van der Waals surface area contributed by atoms with Crippen molar-refractivity contribution >= 4 is 29.2 Å². The van der Waals surface area contributed by atoms with E-state index in [4.69, 9.17) is 21.1 Å². The van der Waals surface area contributed by atoms with E-state index in [1.165, 1.54) is 4.90 Å². The molecule has 0 aliphatic carbocycles. The summed E-state index contributed by atoms with van der Waals surface area (Å²) >= 11 is 5.90. The number of amides is 1. The molecule has 1 aliphatic heterocycles. The zero-order chi connectivity index (χ0) is 16.9. The first-order valence-corrected chi connectivity index (χ1v) is 7.93. The van der Waals surface area contributed by atoms with Crippen molar-refractivity contribution in [2.75, 3.05) is 18.1 Å². The maximum absolute atomic E-state index is 12.3. The van der Waals surface area contributed by atoms with E-state index in [2.05, 4.69) is 0 Å².